The SMILES string of the molecule is CCc1nn(C)cc1C1NC(=O)N=C1N. The van der Waals surface area contributed by atoms with Crippen molar-refractivity contribution in [3.63, 3.8) is 0 Å². The predicted octanol–water partition coefficient (Wildman–Crippen LogP) is 0.104. The van der Waals surface area contributed by atoms with Crippen LogP contribution in [0.25, 0.3) is 0 Å². The van der Waals surface area contributed by atoms with Gasteiger partial charge >= 0.3 is 6.03 Å². The molecule has 0 bridgehead atoms. The van der Waals surface area contributed by atoms with Gasteiger partial charge in [-0.1, -0.05) is 6.92 Å². The Kier molecular flexibility index (Phi) is 2.18. The number of hydrogen-bond acceptors (Lipinski definition) is 3. The van der Waals surface area contributed by atoms with Crippen LogP contribution in [0, 0.1) is 0 Å². The molecule has 80 valence electrons. The van der Waals surface area contributed by atoms with Gasteiger partial charge in [0.25, 0.3) is 0 Å². The Morgan fingerprint density at radius 3 is 2.93 bits per heavy atom. The molecule has 6 nitrogen and oxygen atoms in total. The van der Waals surface area contributed by atoms with Crippen molar-refractivity contribution in [2.45, 2.75) is 19.4 Å². The van der Waals surface area contributed by atoms with Crippen LogP contribution in [0.3, 0.4) is 0 Å². The number of rotatable bonds is 2. The number of amidine groups is 1. The first-order chi connectivity index (χ1) is 7.11. The number of carbonyl (C=O) groups is 1. The van der Waals surface area contributed by atoms with E-state index in [1.165, 1.54) is 0 Å². The Labute approximate surface area is 87.2 Å². The monoisotopic (exact) mass is 207 g/mol. The first-order valence-electron chi connectivity index (χ1n) is 4.78. The maximum atomic E-state index is 11.0. The van der Waals surface area contributed by atoms with Gasteiger partial charge in [-0.05, 0) is 6.42 Å². The Balaban J connectivity index is 2.38. The minimum absolute atomic E-state index is 0.308. The molecule has 2 rings (SSSR count). The highest BCUT2D eigenvalue weighted by Crippen LogP contribution is 2.20. The molecule has 1 aliphatic heterocycles. The summed E-state index contributed by atoms with van der Waals surface area (Å²) < 4.78 is 1.71. The van der Waals surface area contributed by atoms with Gasteiger partial charge in [0.2, 0.25) is 0 Å². The molecule has 2 amide bonds. The molecule has 6 heteroatoms. The second-order valence-electron chi connectivity index (χ2n) is 3.48. The van der Waals surface area contributed by atoms with Gasteiger partial charge in [0.1, 0.15) is 11.9 Å². The van der Waals surface area contributed by atoms with E-state index < -0.39 is 0 Å². The van der Waals surface area contributed by atoms with Gasteiger partial charge in [0, 0.05) is 18.8 Å². The zero-order valence-corrected chi connectivity index (χ0v) is 8.69. The van der Waals surface area contributed by atoms with E-state index in [1.54, 1.807) is 4.68 Å². The van der Waals surface area contributed by atoms with Gasteiger partial charge in [-0.25, -0.2) is 4.79 Å². The summed E-state index contributed by atoms with van der Waals surface area (Å²) in [6.45, 7) is 2.01. The van der Waals surface area contributed by atoms with Crippen LogP contribution in [0.4, 0.5) is 4.79 Å². The molecule has 0 fully saturated rings. The number of aryl methyl sites for hydroxylation is 2. The fourth-order valence-corrected chi connectivity index (χ4v) is 1.72. The summed E-state index contributed by atoms with van der Waals surface area (Å²) in [5.41, 5.74) is 7.52. The molecule has 3 N–H and O–H groups in total. The average molecular weight is 207 g/mol. The molecule has 0 aliphatic carbocycles. The van der Waals surface area contributed by atoms with E-state index in [0.717, 1.165) is 17.7 Å². The van der Waals surface area contributed by atoms with Crippen molar-refractivity contribution in [2.24, 2.45) is 17.8 Å². The molecule has 1 aromatic rings. The van der Waals surface area contributed by atoms with Gasteiger partial charge < -0.3 is 11.1 Å². The molecule has 0 aromatic carbocycles. The molecule has 2 heterocycles. The number of hydrogen-bond donors (Lipinski definition) is 2. The summed E-state index contributed by atoms with van der Waals surface area (Å²) in [6, 6.07) is -0.704. The minimum atomic E-state index is -0.386. The van der Waals surface area contributed by atoms with Crippen LogP contribution in [-0.2, 0) is 13.5 Å². The lowest BCUT2D eigenvalue weighted by Crippen LogP contribution is -2.28. The van der Waals surface area contributed by atoms with Crippen LogP contribution in [0.5, 0.6) is 0 Å². The van der Waals surface area contributed by atoms with Crippen LogP contribution >= 0.6 is 0 Å². The number of aromatic nitrogens is 2. The predicted molar refractivity (Wildman–Crippen MR) is 55.5 cm³/mol. The Bertz CT molecular complexity index is 434. The van der Waals surface area contributed by atoms with E-state index in [1.807, 2.05) is 20.2 Å². The maximum absolute atomic E-state index is 11.0. The molecular formula is C9H13N5O. The number of urea groups is 1. The molecule has 0 spiro atoms. The number of aliphatic imine (C=N–C) groups is 1. The Morgan fingerprint density at radius 2 is 2.40 bits per heavy atom. The molecule has 15 heavy (non-hydrogen) atoms. The Hall–Kier alpha value is -1.85. The van der Waals surface area contributed by atoms with E-state index in [0.29, 0.717) is 5.84 Å². The van der Waals surface area contributed by atoms with Gasteiger partial charge in [0.15, 0.2) is 0 Å². The van der Waals surface area contributed by atoms with Crippen molar-refractivity contribution < 1.29 is 4.79 Å². The third-order valence-electron chi connectivity index (χ3n) is 2.38. The van der Waals surface area contributed by atoms with E-state index in [4.69, 9.17) is 5.73 Å². The summed E-state index contributed by atoms with van der Waals surface area (Å²) >= 11 is 0. The topological polar surface area (TPSA) is 85.3 Å². The zero-order chi connectivity index (χ0) is 11.0. The fourth-order valence-electron chi connectivity index (χ4n) is 1.72. The molecule has 0 radical (unpaired) electrons. The molecule has 0 saturated heterocycles. The summed E-state index contributed by atoms with van der Waals surface area (Å²) in [4.78, 5) is 14.7. The third kappa shape index (κ3) is 1.58. The summed E-state index contributed by atoms with van der Waals surface area (Å²) in [5, 5.41) is 6.97. The number of nitrogens with one attached hydrogen (secondary N) is 1. The van der Waals surface area contributed by atoms with Gasteiger partial charge in [-0.15, -0.1) is 0 Å². The van der Waals surface area contributed by atoms with Crippen molar-refractivity contribution in [1.29, 1.82) is 0 Å². The van der Waals surface area contributed by atoms with Crippen LogP contribution < -0.4 is 11.1 Å². The van der Waals surface area contributed by atoms with Crippen molar-refractivity contribution in [2.75, 3.05) is 0 Å². The average Bonchev–Trinajstić information content (AvgIpc) is 2.69. The molecule has 0 saturated carbocycles. The molecule has 1 aliphatic rings. The van der Waals surface area contributed by atoms with Crippen molar-refractivity contribution >= 4 is 11.9 Å². The summed E-state index contributed by atoms with van der Waals surface area (Å²) in [5.74, 6) is 0.308. The molecule has 1 unspecified atom stereocenters. The van der Waals surface area contributed by atoms with Gasteiger partial charge in [-0.3, -0.25) is 4.68 Å². The van der Waals surface area contributed by atoms with Gasteiger partial charge in [0.05, 0.1) is 5.69 Å². The number of nitrogens with two attached hydrogens (primary N) is 1. The molecule has 1 aromatic heterocycles. The number of carbonyl (C=O) groups excluding carboxylic acids is 1. The van der Waals surface area contributed by atoms with E-state index in [-0.39, 0.29) is 12.1 Å². The lowest BCUT2D eigenvalue weighted by atomic mass is 10.1. The minimum Gasteiger partial charge on any atom is -0.385 e. The highest BCUT2D eigenvalue weighted by atomic mass is 16.2. The fraction of sp³-hybridized carbons (Fsp3) is 0.444. The van der Waals surface area contributed by atoms with Crippen molar-refractivity contribution in [1.82, 2.24) is 15.1 Å². The quantitative estimate of drug-likeness (QED) is 0.721. The van der Waals surface area contributed by atoms with E-state index in [9.17, 15) is 4.79 Å². The van der Waals surface area contributed by atoms with Crippen LogP contribution in [0.15, 0.2) is 11.2 Å². The van der Waals surface area contributed by atoms with Gasteiger partial charge in [-0.2, -0.15) is 10.1 Å². The second-order valence-corrected chi connectivity index (χ2v) is 3.48. The largest absolute Gasteiger partial charge is 0.385 e. The van der Waals surface area contributed by atoms with E-state index >= 15 is 0 Å². The third-order valence-corrected chi connectivity index (χ3v) is 2.38. The standard InChI is InChI=1S/C9H13N5O/c1-3-6-5(4-14(2)13-6)7-8(10)12-9(15)11-7/h4,7H,3H2,1-2H3,(H3,10,11,12,15). The van der Waals surface area contributed by atoms with E-state index in [2.05, 4.69) is 15.4 Å². The number of amides is 2. The highest BCUT2D eigenvalue weighted by Gasteiger charge is 2.28. The second kappa shape index (κ2) is 3.38. The van der Waals surface area contributed by atoms with Crippen LogP contribution in [0.2, 0.25) is 0 Å². The highest BCUT2D eigenvalue weighted by molar-refractivity contribution is 6.03. The molecule has 1 atom stereocenters. The lowest BCUT2D eigenvalue weighted by Gasteiger charge is -2.09. The Morgan fingerprint density at radius 1 is 1.67 bits per heavy atom. The normalized spacial score (nSPS) is 20.3. The molecular weight excluding hydrogens is 194 g/mol. The number of nitrogens with zero attached hydrogens (tertiary/aromatic N) is 3. The smallest absolute Gasteiger partial charge is 0.343 e. The van der Waals surface area contributed by atoms with Crippen molar-refractivity contribution in [3.8, 4) is 0 Å². The van der Waals surface area contributed by atoms with Crippen LogP contribution in [-0.4, -0.2) is 21.6 Å². The van der Waals surface area contributed by atoms with Crippen molar-refractivity contribution in [3.05, 3.63) is 17.5 Å². The van der Waals surface area contributed by atoms with Crippen LogP contribution in [0.1, 0.15) is 24.2 Å². The summed E-state index contributed by atoms with van der Waals surface area (Å²) in [6.07, 6.45) is 2.66. The first kappa shape index (κ1) is 9.70. The maximum Gasteiger partial charge on any atom is 0.343 e. The summed E-state index contributed by atoms with van der Waals surface area (Å²) in [7, 11) is 1.84. The lowest BCUT2D eigenvalue weighted by molar-refractivity contribution is 0.250. The first-order valence-corrected chi connectivity index (χ1v) is 4.78. The zero-order valence-electron chi connectivity index (χ0n) is 8.69.